The van der Waals surface area contributed by atoms with Crippen LogP contribution < -0.4 is 23.7 Å². The van der Waals surface area contributed by atoms with Gasteiger partial charge >= 0.3 is 0 Å². The van der Waals surface area contributed by atoms with Gasteiger partial charge in [-0.3, -0.25) is 9.52 Å². The maximum Gasteiger partial charge on any atom is 0.267 e. The molecule has 31 heavy (non-hydrogen) atoms. The van der Waals surface area contributed by atoms with Crippen molar-refractivity contribution in [3.8, 4) is 23.0 Å². The molecule has 166 valence electrons. The zero-order valence-electron chi connectivity index (χ0n) is 17.3. The Bertz CT molecular complexity index is 1060. The van der Waals surface area contributed by atoms with Crippen molar-refractivity contribution in [2.24, 2.45) is 0 Å². The zero-order chi connectivity index (χ0) is 22.0. The number of nitrogens with zero attached hydrogens (tertiary/aromatic N) is 1. The summed E-state index contributed by atoms with van der Waals surface area (Å²) in [6, 6.07) is 9.02. The number of sulfonamides is 1. The highest BCUT2D eigenvalue weighted by atomic mass is 32.2. The molecule has 9 nitrogen and oxygen atoms in total. The molecule has 2 aliphatic heterocycles. The summed E-state index contributed by atoms with van der Waals surface area (Å²) in [7, 11) is -0.948. The van der Waals surface area contributed by atoms with E-state index < -0.39 is 16.1 Å². The fraction of sp³-hybridized carbons (Fsp3) is 0.381. The molecule has 10 heteroatoms. The van der Waals surface area contributed by atoms with Crippen molar-refractivity contribution in [1.29, 1.82) is 0 Å². The van der Waals surface area contributed by atoms with Crippen LogP contribution in [0.1, 0.15) is 12.8 Å². The van der Waals surface area contributed by atoms with E-state index in [1.54, 1.807) is 23.1 Å². The number of methoxy groups -OCH3 is 2. The van der Waals surface area contributed by atoms with Gasteiger partial charge in [0.15, 0.2) is 11.5 Å². The molecule has 0 saturated carbocycles. The molecule has 0 spiro atoms. The molecular formula is C21H24N2O7S. The maximum absolute atomic E-state index is 12.9. The Balaban J connectivity index is 1.52. The summed E-state index contributed by atoms with van der Waals surface area (Å²) in [5, 5.41) is 0. The molecule has 1 fully saturated rings. The van der Waals surface area contributed by atoms with Crippen LogP contribution in [0.4, 0.5) is 5.69 Å². The molecular weight excluding hydrogens is 424 g/mol. The van der Waals surface area contributed by atoms with Crippen LogP contribution in [-0.2, 0) is 14.8 Å². The Labute approximate surface area is 180 Å². The van der Waals surface area contributed by atoms with Crippen LogP contribution >= 0.6 is 0 Å². The average Bonchev–Trinajstić information content (AvgIpc) is 3.32. The number of amides is 1. The lowest BCUT2D eigenvalue weighted by molar-refractivity contribution is -0.140. The number of ether oxygens (including phenoxy) is 4. The molecule has 2 aromatic carbocycles. The van der Waals surface area contributed by atoms with Gasteiger partial charge in [0.1, 0.15) is 18.1 Å². The van der Waals surface area contributed by atoms with E-state index in [1.807, 2.05) is 0 Å². The molecule has 1 saturated heterocycles. The Morgan fingerprint density at radius 2 is 1.71 bits per heavy atom. The fourth-order valence-corrected chi connectivity index (χ4v) is 4.62. The number of benzene rings is 2. The van der Waals surface area contributed by atoms with Gasteiger partial charge in [0.25, 0.3) is 15.9 Å². The van der Waals surface area contributed by atoms with E-state index in [0.29, 0.717) is 22.9 Å². The highest BCUT2D eigenvalue weighted by molar-refractivity contribution is 7.92. The van der Waals surface area contributed by atoms with E-state index in [0.717, 1.165) is 25.9 Å². The predicted octanol–water partition coefficient (Wildman–Crippen LogP) is 2.27. The topological polar surface area (TPSA) is 103 Å². The lowest BCUT2D eigenvalue weighted by Crippen LogP contribution is -2.45. The van der Waals surface area contributed by atoms with Crippen molar-refractivity contribution in [2.75, 3.05) is 38.6 Å². The van der Waals surface area contributed by atoms with Gasteiger partial charge < -0.3 is 23.8 Å². The lowest BCUT2D eigenvalue weighted by atomic mass is 10.2. The van der Waals surface area contributed by atoms with Crippen molar-refractivity contribution in [1.82, 2.24) is 4.90 Å². The van der Waals surface area contributed by atoms with Crippen LogP contribution in [0.2, 0.25) is 0 Å². The van der Waals surface area contributed by atoms with Crippen LogP contribution in [-0.4, -0.2) is 59.2 Å². The van der Waals surface area contributed by atoms with E-state index in [9.17, 15) is 13.2 Å². The van der Waals surface area contributed by atoms with Crippen molar-refractivity contribution < 1.29 is 32.2 Å². The second-order valence-electron chi connectivity index (χ2n) is 7.27. The molecule has 1 atom stereocenters. The molecule has 2 heterocycles. The second kappa shape index (κ2) is 8.54. The Hall–Kier alpha value is -3.14. The normalized spacial score (nSPS) is 17.9. The summed E-state index contributed by atoms with van der Waals surface area (Å²) in [6.45, 7) is 1.49. The Morgan fingerprint density at radius 3 is 2.35 bits per heavy atom. The molecule has 0 bridgehead atoms. The average molecular weight is 448 g/mol. The van der Waals surface area contributed by atoms with Crippen molar-refractivity contribution >= 4 is 21.6 Å². The number of fused-ring (bicyclic) bond motifs is 1. The summed E-state index contributed by atoms with van der Waals surface area (Å²) in [6.07, 6.45) is 1.25. The van der Waals surface area contributed by atoms with Crippen LogP contribution in [0, 0.1) is 0 Å². The van der Waals surface area contributed by atoms with Crippen LogP contribution in [0.25, 0.3) is 0 Å². The highest BCUT2D eigenvalue weighted by Gasteiger charge is 2.33. The number of nitrogens with one attached hydrogen (secondary N) is 1. The largest absolute Gasteiger partial charge is 0.497 e. The lowest BCUT2D eigenvalue weighted by Gasteiger charge is -2.28. The third-order valence-electron chi connectivity index (χ3n) is 5.18. The first-order valence-electron chi connectivity index (χ1n) is 9.88. The van der Waals surface area contributed by atoms with Gasteiger partial charge in [-0.25, -0.2) is 8.42 Å². The number of hydrogen-bond donors (Lipinski definition) is 1. The van der Waals surface area contributed by atoms with Gasteiger partial charge in [0.2, 0.25) is 6.10 Å². The summed E-state index contributed by atoms with van der Waals surface area (Å²) in [4.78, 5) is 14.3. The number of likely N-dealkylation sites (tertiary alicyclic amines) is 1. The Morgan fingerprint density at radius 1 is 1.03 bits per heavy atom. The molecule has 1 N–H and O–H groups in total. The first-order chi connectivity index (χ1) is 14.9. The van der Waals surface area contributed by atoms with E-state index in [2.05, 4.69) is 4.72 Å². The van der Waals surface area contributed by atoms with Crippen LogP contribution in [0.15, 0.2) is 41.3 Å². The quantitative estimate of drug-likeness (QED) is 0.723. The monoisotopic (exact) mass is 448 g/mol. The number of hydrogen-bond acceptors (Lipinski definition) is 7. The van der Waals surface area contributed by atoms with Crippen molar-refractivity contribution in [3.63, 3.8) is 0 Å². The van der Waals surface area contributed by atoms with E-state index in [-0.39, 0.29) is 23.2 Å². The van der Waals surface area contributed by atoms with Crippen LogP contribution in [0.3, 0.4) is 0 Å². The van der Waals surface area contributed by atoms with E-state index in [1.165, 1.54) is 32.4 Å². The summed E-state index contributed by atoms with van der Waals surface area (Å²) in [5.41, 5.74) is 0.294. The third-order valence-corrected chi connectivity index (χ3v) is 6.56. The number of carbonyl (C=O) groups excluding carboxylic acids is 1. The minimum Gasteiger partial charge on any atom is -0.497 e. The zero-order valence-corrected chi connectivity index (χ0v) is 18.1. The number of carbonyl (C=O) groups is 1. The minimum atomic E-state index is -3.91. The maximum atomic E-state index is 12.9. The molecule has 2 aliphatic rings. The number of anilines is 1. The van der Waals surface area contributed by atoms with Gasteiger partial charge in [-0.2, -0.15) is 0 Å². The van der Waals surface area contributed by atoms with Gasteiger partial charge in [-0.15, -0.1) is 0 Å². The third kappa shape index (κ3) is 4.48. The molecule has 1 amide bonds. The van der Waals surface area contributed by atoms with Gasteiger partial charge in [-0.1, -0.05) is 0 Å². The first kappa shape index (κ1) is 21.1. The van der Waals surface area contributed by atoms with Crippen molar-refractivity contribution in [3.05, 3.63) is 36.4 Å². The molecule has 2 aromatic rings. The first-order valence-corrected chi connectivity index (χ1v) is 11.4. The second-order valence-corrected chi connectivity index (χ2v) is 8.95. The van der Waals surface area contributed by atoms with Crippen LogP contribution in [0.5, 0.6) is 23.0 Å². The summed E-state index contributed by atoms with van der Waals surface area (Å²) in [5.74, 6) is 1.41. The molecule has 0 aromatic heterocycles. The number of rotatable bonds is 6. The van der Waals surface area contributed by atoms with Gasteiger partial charge in [0.05, 0.1) is 24.8 Å². The molecule has 0 radical (unpaired) electrons. The highest BCUT2D eigenvalue weighted by Crippen LogP contribution is 2.35. The summed E-state index contributed by atoms with van der Waals surface area (Å²) < 4.78 is 50.1. The Kier molecular flexibility index (Phi) is 5.81. The molecule has 0 unspecified atom stereocenters. The van der Waals surface area contributed by atoms with Gasteiger partial charge in [-0.05, 0) is 25.0 Å². The molecule has 4 rings (SSSR count). The fourth-order valence-electron chi connectivity index (χ4n) is 3.56. The van der Waals surface area contributed by atoms with Gasteiger partial charge in [0, 0.05) is 37.4 Å². The van der Waals surface area contributed by atoms with E-state index in [4.69, 9.17) is 18.9 Å². The smallest absolute Gasteiger partial charge is 0.267 e. The SMILES string of the molecule is COc1cc(NS(=O)(=O)c2ccc3c(c2)OC[C@H](C(=O)N2CCCC2)O3)cc(OC)c1. The molecule has 0 aliphatic carbocycles. The minimum absolute atomic E-state index is 0.000885. The predicted molar refractivity (Wildman–Crippen MR) is 113 cm³/mol. The summed E-state index contributed by atoms with van der Waals surface area (Å²) >= 11 is 0. The standard InChI is InChI=1S/C21H24N2O7S/c1-27-15-9-14(10-16(11-15)28-2)22-31(25,26)17-5-6-18-19(12-17)29-13-20(30-18)21(24)23-7-3-4-8-23/h5-6,9-12,20,22H,3-4,7-8,13H2,1-2H3/t20-/m1/s1. The van der Waals surface area contributed by atoms with Crippen molar-refractivity contribution in [2.45, 2.75) is 23.8 Å². The van der Waals surface area contributed by atoms with E-state index >= 15 is 0 Å².